The van der Waals surface area contributed by atoms with Crippen LogP contribution in [0.4, 0.5) is 9.18 Å². The third-order valence-corrected chi connectivity index (χ3v) is 6.17. The number of likely N-dealkylation sites (tertiary alicyclic amines) is 1. The largest absolute Gasteiger partial charge is 0.439 e. The van der Waals surface area contributed by atoms with E-state index in [0.29, 0.717) is 38.2 Å². The monoisotopic (exact) mass is 430 g/mol. The summed E-state index contributed by atoms with van der Waals surface area (Å²) in [6, 6.07) is 23.5. The van der Waals surface area contributed by atoms with E-state index in [2.05, 4.69) is 0 Å². The maximum atomic E-state index is 13.4. The summed E-state index contributed by atoms with van der Waals surface area (Å²) in [5, 5.41) is 0. The van der Waals surface area contributed by atoms with Crippen molar-refractivity contribution in [2.45, 2.75) is 18.6 Å². The second-order valence-electron chi connectivity index (χ2n) is 8.42. The Balaban J connectivity index is 1.31. The van der Waals surface area contributed by atoms with Gasteiger partial charge in [0.15, 0.2) is 5.60 Å². The minimum atomic E-state index is -0.700. The summed E-state index contributed by atoms with van der Waals surface area (Å²) in [5.74, 6) is -0.371. The summed E-state index contributed by atoms with van der Waals surface area (Å²) in [7, 11) is 0. The van der Waals surface area contributed by atoms with Crippen molar-refractivity contribution in [2.75, 3.05) is 19.6 Å². The Hall–Kier alpha value is -3.67. The van der Waals surface area contributed by atoms with Crippen LogP contribution >= 0.6 is 0 Å². The number of rotatable bonds is 4. The lowest BCUT2D eigenvalue weighted by Crippen LogP contribution is -2.39. The molecule has 0 bridgehead atoms. The van der Waals surface area contributed by atoms with E-state index in [1.54, 1.807) is 21.9 Å². The van der Waals surface area contributed by atoms with Crippen molar-refractivity contribution in [3.63, 3.8) is 0 Å². The zero-order valence-corrected chi connectivity index (χ0v) is 17.5. The Bertz CT molecular complexity index is 1150. The van der Waals surface area contributed by atoms with Gasteiger partial charge < -0.3 is 9.64 Å². The summed E-state index contributed by atoms with van der Waals surface area (Å²) in [4.78, 5) is 29.3. The quantitative estimate of drug-likeness (QED) is 0.601. The molecular formula is C26H23FN2O3. The molecule has 32 heavy (non-hydrogen) atoms. The minimum absolute atomic E-state index is 0.0608. The van der Waals surface area contributed by atoms with E-state index in [4.69, 9.17) is 4.74 Å². The highest BCUT2D eigenvalue weighted by Crippen LogP contribution is 2.35. The molecule has 2 aliphatic rings. The van der Waals surface area contributed by atoms with Gasteiger partial charge >= 0.3 is 6.09 Å². The van der Waals surface area contributed by atoms with Gasteiger partial charge in [-0.2, -0.15) is 0 Å². The van der Waals surface area contributed by atoms with E-state index in [1.165, 1.54) is 12.1 Å². The third kappa shape index (κ3) is 3.84. The van der Waals surface area contributed by atoms with Crippen molar-refractivity contribution < 1.29 is 18.7 Å². The number of carbonyl (C=O) groups excluding carboxylic acids is 2. The first-order valence-corrected chi connectivity index (χ1v) is 10.7. The molecule has 2 amide bonds. The first-order valence-electron chi connectivity index (χ1n) is 10.7. The van der Waals surface area contributed by atoms with E-state index < -0.39 is 11.7 Å². The molecule has 6 heteroatoms. The lowest BCUT2D eigenvalue weighted by Gasteiger charge is -2.23. The molecule has 3 aromatic carbocycles. The molecule has 0 aliphatic carbocycles. The Kier molecular flexibility index (Phi) is 5.13. The lowest BCUT2D eigenvalue weighted by molar-refractivity contribution is 0.0553. The van der Waals surface area contributed by atoms with Gasteiger partial charge in [0.25, 0.3) is 5.91 Å². The van der Waals surface area contributed by atoms with Crippen LogP contribution in [0.5, 0.6) is 0 Å². The molecule has 5 rings (SSSR count). The molecular weight excluding hydrogens is 407 g/mol. The second-order valence-corrected chi connectivity index (χ2v) is 8.42. The highest BCUT2D eigenvalue weighted by molar-refractivity contribution is 6.01. The van der Waals surface area contributed by atoms with Crippen LogP contribution in [0, 0.1) is 5.82 Å². The number of halogens is 1. The highest BCUT2D eigenvalue weighted by Gasteiger charge is 2.50. The number of ether oxygens (including phenoxy) is 1. The van der Waals surface area contributed by atoms with Crippen LogP contribution in [0.25, 0.3) is 11.1 Å². The van der Waals surface area contributed by atoms with Gasteiger partial charge in [-0.1, -0.05) is 60.7 Å². The topological polar surface area (TPSA) is 49.9 Å². The number of carbonyl (C=O) groups is 2. The van der Waals surface area contributed by atoms with Crippen molar-refractivity contribution in [3.8, 4) is 11.1 Å². The van der Waals surface area contributed by atoms with E-state index in [-0.39, 0.29) is 11.7 Å². The Morgan fingerprint density at radius 2 is 1.66 bits per heavy atom. The summed E-state index contributed by atoms with van der Waals surface area (Å²) >= 11 is 0. The maximum Gasteiger partial charge on any atom is 0.410 e. The van der Waals surface area contributed by atoms with Gasteiger partial charge in [-0.05, 0) is 34.9 Å². The van der Waals surface area contributed by atoms with Crippen molar-refractivity contribution >= 4 is 12.0 Å². The van der Waals surface area contributed by atoms with Gasteiger partial charge in [0.05, 0.1) is 13.1 Å². The first-order chi connectivity index (χ1) is 15.5. The van der Waals surface area contributed by atoms with Gasteiger partial charge in [0.1, 0.15) is 5.82 Å². The van der Waals surface area contributed by atoms with Gasteiger partial charge in [-0.15, -0.1) is 0 Å². The normalized spacial score (nSPS) is 20.1. The molecule has 1 spiro atoms. The van der Waals surface area contributed by atoms with Crippen molar-refractivity contribution in [2.24, 2.45) is 0 Å². The molecule has 162 valence electrons. The molecule has 2 aliphatic heterocycles. The Labute approximate surface area is 186 Å². The van der Waals surface area contributed by atoms with E-state index >= 15 is 0 Å². The molecule has 1 atom stereocenters. The highest BCUT2D eigenvalue weighted by atomic mass is 19.1. The van der Waals surface area contributed by atoms with Crippen LogP contribution in [-0.2, 0) is 11.3 Å². The van der Waals surface area contributed by atoms with E-state index in [9.17, 15) is 14.0 Å². The van der Waals surface area contributed by atoms with Gasteiger partial charge in [-0.3, -0.25) is 9.69 Å². The first kappa shape index (κ1) is 20.2. The number of benzene rings is 3. The maximum absolute atomic E-state index is 13.4. The number of amides is 2. The molecule has 2 saturated heterocycles. The molecule has 0 saturated carbocycles. The molecule has 2 heterocycles. The van der Waals surface area contributed by atoms with Crippen LogP contribution in [0.15, 0.2) is 78.9 Å². The summed E-state index contributed by atoms with van der Waals surface area (Å²) < 4.78 is 18.9. The van der Waals surface area contributed by atoms with Crippen LogP contribution < -0.4 is 0 Å². The molecule has 3 aromatic rings. The van der Waals surface area contributed by atoms with Crippen LogP contribution in [0.1, 0.15) is 22.3 Å². The van der Waals surface area contributed by atoms with Crippen molar-refractivity contribution in [3.05, 3.63) is 95.8 Å². The standard InChI is InChI=1S/C26H23FN2O3/c27-21-12-10-19(11-13-21)16-29-18-26(32-25(29)31)14-15-28(17-26)24(30)23-9-5-4-8-22(23)20-6-2-1-3-7-20/h1-13H,14-18H2/t26-/m0/s1. The van der Waals surface area contributed by atoms with Crippen LogP contribution in [-0.4, -0.2) is 47.0 Å². The van der Waals surface area contributed by atoms with E-state index in [1.807, 2.05) is 54.6 Å². The number of hydrogen-bond donors (Lipinski definition) is 0. The average molecular weight is 430 g/mol. The van der Waals surface area contributed by atoms with Gasteiger partial charge in [0.2, 0.25) is 0 Å². The third-order valence-electron chi connectivity index (χ3n) is 6.17. The summed E-state index contributed by atoms with van der Waals surface area (Å²) in [5.41, 5.74) is 2.66. The molecule has 0 aromatic heterocycles. The fraction of sp³-hybridized carbons (Fsp3) is 0.231. The zero-order valence-electron chi connectivity index (χ0n) is 17.5. The number of hydrogen-bond acceptors (Lipinski definition) is 3. The molecule has 2 fully saturated rings. The molecule has 0 N–H and O–H groups in total. The predicted molar refractivity (Wildman–Crippen MR) is 118 cm³/mol. The van der Waals surface area contributed by atoms with Crippen molar-refractivity contribution in [1.29, 1.82) is 0 Å². The summed E-state index contributed by atoms with van der Waals surface area (Å²) in [6.07, 6.45) is 0.200. The molecule has 0 radical (unpaired) electrons. The van der Waals surface area contributed by atoms with Gasteiger partial charge in [-0.25, -0.2) is 9.18 Å². The lowest BCUT2D eigenvalue weighted by atomic mass is 9.99. The van der Waals surface area contributed by atoms with Crippen molar-refractivity contribution in [1.82, 2.24) is 9.80 Å². The summed E-state index contributed by atoms with van der Waals surface area (Å²) in [6.45, 7) is 1.65. The average Bonchev–Trinajstić information content (AvgIpc) is 3.37. The fourth-order valence-corrected chi connectivity index (χ4v) is 4.56. The predicted octanol–water partition coefficient (Wildman–Crippen LogP) is 4.73. The zero-order chi connectivity index (χ0) is 22.1. The van der Waals surface area contributed by atoms with Crippen LogP contribution in [0.2, 0.25) is 0 Å². The Morgan fingerprint density at radius 1 is 0.938 bits per heavy atom. The number of nitrogens with zero attached hydrogens (tertiary/aromatic N) is 2. The van der Waals surface area contributed by atoms with E-state index in [0.717, 1.165) is 16.7 Å². The Morgan fingerprint density at radius 3 is 2.44 bits per heavy atom. The SMILES string of the molecule is O=C1O[C@]2(CCN(C(=O)c3ccccc3-c3ccccc3)C2)CN1Cc1ccc(F)cc1. The minimum Gasteiger partial charge on any atom is -0.439 e. The second kappa shape index (κ2) is 8.11. The molecule has 5 nitrogen and oxygen atoms in total. The fourth-order valence-electron chi connectivity index (χ4n) is 4.56. The molecule has 0 unspecified atom stereocenters. The smallest absolute Gasteiger partial charge is 0.410 e. The van der Waals surface area contributed by atoms with Gasteiger partial charge in [0, 0.05) is 25.1 Å². The van der Waals surface area contributed by atoms with Crippen LogP contribution in [0.3, 0.4) is 0 Å².